The number of anilines is 1. The average Bonchev–Trinajstić information content (AvgIpc) is 3.14. The van der Waals surface area contributed by atoms with Crippen LogP contribution in [-0.2, 0) is 13.2 Å². The molecular weight excluding hydrogens is 349 g/mol. The quantitative estimate of drug-likeness (QED) is 0.670. The molecule has 3 aromatic rings. The Balaban J connectivity index is 1.71. The minimum atomic E-state index is -0.289. The van der Waals surface area contributed by atoms with E-state index in [1.54, 1.807) is 31.4 Å². The van der Waals surface area contributed by atoms with Crippen LogP contribution in [0.4, 0.5) is 10.3 Å². The maximum absolute atomic E-state index is 12.9. The van der Waals surface area contributed by atoms with Crippen molar-refractivity contribution in [1.82, 2.24) is 20.6 Å². The zero-order valence-corrected chi connectivity index (χ0v) is 14.0. The number of benzene rings is 2. The summed E-state index contributed by atoms with van der Waals surface area (Å²) in [5.74, 6) is 1.12. The lowest BCUT2D eigenvalue weighted by atomic mass is 10.2. The highest BCUT2D eigenvalue weighted by Crippen LogP contribution is 2.34. The molecule has 130 valence electrons. The zero-order valence-electron chi connectivity index (χ0n) is 13.3. The number of rotatable bonds is 7. The van der Waals surface area contributed by atoms with E-state index in [0.29, 0.717) is 29.0 Å². The molecule has 0 saturated carbocycles. The molecule has 7 nitrogen and oxygen atoms in total. The molecule has 9 heteroatoms. The summed E-state index contributed by atoms with van der Waals surface area (Å²) in [5.41, 5.74) is 1.62. The Morgan fingerprint density at radius 3 is 2.68 bits per heavy atom. The zero-order chi connectivity index (χ0) is 17.6. The van der Waals surface area contributed by atoms with Crippen LogP contribution in [0.5, 0.6) is 11.5 Å². The number of nitrogens with one attached hydrogen (secondary N) is 2. The number of aromatic amines is 1. The van der Waals surface area contributed by atoms with Gasteiger partial charge in [0, 0.05) is 17.6 Å². The number of ether oxygens (including phenoxy) is 2. The summed E-state index contributed by atoms with van der Waals surface area (Å²) in [6.07, 6.45) is 0. The molecular formula is C16H15ClFN5O2. The molecule has 0 aliphatic rings. The summed E-state index contributed by atoms with van der Waals surface area (Å²) in [6.45, 7) is 0.667. The van der Waals surface area contributed by atoms with Crippen molar-refractivity contribution in [3.8, 4) is 11.5 Å². The summed E-state index contributed by atoms with van der Waals surface area (Å²) in [6, 6.07) is 9.54. The number of tetrazole rings is 1. The number of aromatic nitrogens is 4. The van der Waals surface area contributed by atoms with E-state index in [1.807, 2.05) is 0 Å². The van der Waals surface area contributed by atoms with Crippen LogP contribution in [0.3, 0.4) is 0 Å². The van der Waals surface area contributed by atoms with Gasteiger partial charge in [-0.3, -0.25) is 0 Å². The Kier molecular flexibility index (Phi) is 5.30. The average molecular weight is 364 g/mol. The maximum atomic E-state index is 12.9. The SMILES string of the molecule is COc1cc(CNc2nn[nH]n2)c(Cl)cc1OCc1ccc(F)cc1. The lowest BCUT2D eigenvalue weighted by Crippen LogP contribution is -2.04. The van der Waals surface area contributed by atoms with Crippen molar-refractivity contribution < 1.29 is 13.9 Å². The lowest BCUT2D eigenvalue weighted by molar-refractivity contribution is 0.284. The summed E-state index contributed by atoms with van der Waals surface area (Å²) >= 11 is 6.31. The molecule has 0 saturated heterocycles. The van der Waals surface area contributed by atoms with Gasteiger partial charge in [0.25, 0.3) is 5.95 Å². The topological polar surface area (TPSA) is 85.0 Å². The van der Waals surface area contributed by atoms with E-state index < -0.39 is 0 Å². The van der Waals surface area contributed by atoms with Crippen LogP contribution in [0.25, 0.3) is 0 Å². The Bertz CT molecular complexity index is 827. The first kappa shape index (κ1) is 17.0. The Hall–Kier alpha value is -2.87. The highest BCUT2D eigenvalue weighted by atomic mass is 35.5. The fourth-order valence-corrected chi connectivity index (χ4v) is 2.36. The van der Waals surface area contributed by atoms with Crippen molar-refractivity contribution in [2.45, 2.75) is 13.2 Å². The number of halogens is 2. The Morgan fingerprint density at radius 2 is 2.00 bits per heavy atom. The van der Waals surface area contributed by atoms with Crippen LogP contribution >= 0.6 is 11.6 Å². The van der Waals surface area contributed by atoms with Gasteiger partial charge in [-0.1, -0.05) is 28.8 Å². The van der Waals surface area contributed by atoms with Gasteiger partial charge in [-0.2, -0.15) is 5.21 Å². The number of H-pyrrole nitrogens is 1. The Morgan fingerprint density at radius 1 is 1.20 bits per heavy atom. The van der Waals surface area contributed by atoms with Crippen LogP contribution < -0.4 is 14.8 Å². The van der Waals surface area contributed by atoms with Crippen LogP contribution in [0, 0.1) is 5.82 Å². The van der Waals surface area contributed by atoms with Crippen molar-refractivity contribution >= 4 is 17.5 Å². The predicted octanol–water partition coefficient (Wildman–Crippen LogP) is 3.19. The highest BCUT2D eigenvalue weighted by Gasteiger charge is 2.11. The predicted molar refractivity (Wildman–Crippen MR) is 90.2 cm³/mol. The van der Waals surface area contributed by atoms with Gasteiger partial charge < -0.3 is 14.8 Å². The molecule has 3 rings (SSSR count). The van der Waals surface area contributed by atoms with Gasteiger partial charge >= 0.3 is 0 Å². The number of hydrogen-bond donors (Lipinski definition) is 2. The first-order valence-electron chi connectivity index (χ1n) is 7.36. The van der Waals surface area contributed by atoms with E-state index in [-0.39, 0.29) is 12.4 Å². The van der Waals surface area contributed by atoms with Crippen LogP contribution in [0.1, 0.15) is 11.1 Å². The minimum Gasteiger partial charge on any atom is -0.493 e. The molecule has 0 atom stereocenters. The van der Waals surface area contributed by atoms with E-state index >= 15 is 0 Å². The molecule has 0 aliphatic carbocycles. The third-order valence-electron chi connectivity index (χ3n) is 3.42. The minimum absolute atomic E-state index is 0.271. The van der Waals surface area contributed by atoms with Crippen molar-refractivity contribution in [3.05, 3.63) is 58.4 Å². The Labute approximate surface area is 148 Å². The monoisotopic (exact) mass is 363 g/mol. The smallest absolute Gasteiger partial charge is 0.263 e. The van der Waals surface area contributed by atoms with Crippen LogP contribution in [0.15, 0.2) is 36.4 Å². The molecule has 2 aromatic carbocycles. The lowest BCUT2D eigenvalue weighted by Gasteiger charge is -2.14. The summed E-state index contributed by atoms with van der Waals surface area (Å²) in [4.78, 5) is 0. The number of methoxy groups -OCH3 is 1. The standard InChI is InChI=1S/C16H15ClFN5O2/c1-24-14-6-11(8-19-16-20-22-23-21-16)13(17)7-15(14)25-9-10-2-4-12(18)5-3-10/h2-7H,8-9H2,1H3,(H2,19,20,21,22,23). The van der Waals surface area contributed by atoms with E-state index in [2.05, 4.69) is 25.9 Å². The third kappa shape index (κ3) is 4.36. The van der Waals surface area contributed by atoms with Gasteiger partial charge in [-0.15, -0.1) is 5.10 Å². The summed E-state index contributed by atoms with van der Waals surface area (Å²) in [7, 11) is 1.55. The van der Waals surface area contributed by atoms with Gasteiger partial charge in [0.2, 0.25) is 0 Å². The molecule has 0 bridgehead atoms. The van der Waals surface area contributed by atoms with Gasteiger partial charge in [0.05, 0.1) is 7.11 Å². The first-order chi connectivity index (χ1) is 12.2. The molecule has 25 heavy (non-hydrogen) atoms. The second-order valence-electron chi connectivity index (χ2n) is 5.10. The second-order valence-corrected chi connectivity index (χ2v) is 5.51. The molecule has 0 fully saturated rings. The third-order valence-corrected chi connectivity index (χ3v) is 3.77. The molecule has 1 aromatic heterocycles. The van der Waals surface area contributed by atoms with Gasteiger partial charge in [-0.25, -0.2) is 4.39 Å². The molecule has 0 aliphatic heterocycles. The fraction of sp³-hybridized carbons (Fsp3) is 0.188. The second kappa shape index (κ2) is 7.80. The van der Waals surface area contributed by atoms with E-state index in [1.165, 1.54) is 12.1 Å². The van der Waals surface area contributed by atoms with E-state index in [4.69, 9.17) is 21.1 Å². The van der Waals surface area contributed by atoms with Crippen LogP contribution in [-0.4, -0.2) is 27.7 Å². The van der Waals surface area contributed by atoms with Gasteiger partial charge in [0.15, 0.2) is 11.5 Å². The number of nitrogens with zero attached hydrogens (tertiary/aromatic N) is 3. The molecule has 0 radical (unpaired) electrons. The van der Waals surface area contributed by atoms with Crippen molar-refractivity contribution in [2.75, 3.05) is 12.4 Å². The molecule has 2 N–H and O–H groups in total. The largest absolute Gasteiger partial charge is 0.493 e. The van der Waals surface area contributed by atoms with Crippen molar-refractivity contribution in [3.63, 3.8) is 0 Å². The molecule has 0 spiro atoms. The summed E-state index contributed by atoms with van der Waals surface area (Å²) < 4.78 is 24.1. The van der Waals surface area contributed by atoms with E-state index in [0.717, 1.165) is 11.1 Å². The maximum Gasteiger partial charge on any atom is 0.263 e. The first-order valence-corrected chi connectivity index (χ1v) is 7.74. The van der Waals surface area contributed by atoms with Gasteiger partial charge in [0.1, 0.15) is 12.4 Å². The van der Waals surface area contributed by atoms with Gasteiger partial charge in [-0.05, 0) is 34.5 Å². The normalized spacial score (nSPS) is 10.5. The number of hydrogen-bond acceptors (Lipinski definition) is 6. The van der Waals surface area contributed by atoms with Crippen molar-refractivity contribution in [1.29, 1.82) is 0 Å². The van der Waals surface area contributed by atoms with Crippen molar-refractivity contribution in [2.24, 2.45) is 0 Å². The molecule has 0 amide bonds. The highest BCUT2D eigenvalue weighted by molar-refractivity contribution is 6.31. The molecule has 1 heterocycles. The van der Waals surface area contributed by atoms with E-state index in [9.17, 15) is 4.39 Å². The molecule has 0 unspecified atom stereocenters. The fourth-order valence-electron chi connectivity index (χ4n) is 2.14. The summed E-state index contributed by atoms with van der Waals surface area (Å²) in [5, 5.41) is 16.9. The van der Waals surface area contributed by atoms with Crippen LogP contribution in [0.2, 0.25) is 5.02 Å².